The molecule has 1 aromatic carbocycles. The first-order chi connectivity index (χ1) is 13.3. The lowest BCUT2D eigenvalue weighted by Crippen LogP contribution is -2.30. The van der Waals surface area contributed by atoms with Gasteiger partial charge in [-0.25, -0.2) is 4.98 Å². The molecule has 2 aromatic heterocycles. The number of aryl methyl sites for hydroxylation is 1. The number of ether oxygens (including phenoxy) is 2. The summed E-state index contributed by atoms with van der Waals surface area (Å²) in [4.78, 5) is 4.97. The van der Waals surface area contributed by atoms with E-state index < -0.39 is 0 Å². The Morgan fingerprint density at radius 1 is 1.22 bits per heavy atom. The van der Waals surface area contributed by atoms with Gasteiger partial charge in [-0.2, -0.15) is 5.10 Å². The lowest BCUT2D eigenvalue weighted by Gasteiger charge is -2.25. The summed E-state index contributed by atoms with van der Waals surface area (Å²) in [5.41, 5.74) is 4.24. The van der Waals surface area contributed by atoms with Crippen molar-refractivity contribution in [1.29, 1.82) is 0 Å². The Kier molecular flexibility index (Phi) is 3.44. The highest BCUT2D eigenvalue weighted by molar-refractivity contribution is 5.89. The molecule has 0 bridgehead atoms. The topological polar surface area (TPSA) is 66.1 Å². The maximum absolute atomic E-state index is 6.06. The predicted octanol–water partition coefficient (Wildman–Crippen LogP) is 3.08. The second kappa shape index (κ2) is 5.99. The van der Waals surface area contributed by atoms with Gasteiger partial charge in [0.2, 0.25) is 0 Å². The number of benzene rings is 1. The highest BCUT2D eigenvalue weighted by Crippen LogP contribution is 2.37. The van der Waals surface area contributed by atoms with Crippen LogP contribution in [0.15, 0.2) is 24.5 Å². The summed E-state index contributed by atoms with van der Waals surface area (Å²) >= 11 is 0. The van der Waals surface area contributed by atoms with Crippen LogP contribution in [-0.4, -0.2) is 45.7 Å². The summed E-state index contributed by atoms with van der Waals surface area (Å²) in [5.74, 6) is 2.74. The van der Waals surface area contributed by atoms with Crippen molar-refractivity contribution in [3.05, 3.63) is 24.5 Å². The van der Waals surface area contributed by atoms with Crippen LogP contribution in [0.3, 0.4) is 0 Å². The summed E-state index contributed by atoms with van der Waals surface area (Å²) in [6.45, 7) is 4.16. The van der Waals surface area contributed by atoms with E-state index in [4.69, 9.17) is 14.5 Å². The van der Waals surface area contributed by atoms with Crippen molar-refractivity contribution in [1.82, 2.24) is 19.3 Å². The molecular formula is C20H23N5O2. The first kappa shape index (κ1) is 15.5. The van der Waals surface area contributed by atoms with E-state index in [1.807, 2.05) is 10.9 Å². The third kappa shape index (κ3) is 2.68. The molecule has 2 aliphatic heterocycles. The second-order valence-corrected chi connectivity index (χ2v) is 7.86. The van der Waals surface area contributed by atoms with Crippen molar-refractivity contribution in [2.24, 2.45) is 5.92 Å². The molecule has 1 aliphatic carbocycles. The quantitative estimate of drug-likeness (QED) is 0.753. The minimum absolute atomic E-state index is 0.351. The van der Waals surface area contributed by atoms with Crippen LogP contribution in [0.2, 0.25) is 0 Å². The fraction of sp³-hybridized carbons (Fsp3) is 0.500. The van der Waals surface area contributed by atoms with Gasteiger partial charge in [0.05, 0.1) is 43.1 Å². The van der Waals surface area contributed by atoms with Crippen molar-refractivity contribution in [3.63, 3.8) is 0 Å². The Balaban J connectivity index is 1.42. The summed E-state index contributed by atoms with van der Waals surface area (Å²) in [5, 5.41) is 8.10. The smallest absolute Gasteiger partial charge is 0.147 e. The highest BCUT2D eigenvalue weighted by atomic mass is 16.5. The van der Waals surface area contributed by atoms with Crippen LogP contribution >= 0.6 is 0 Å². The first-order valence-corrected chi connectivity index (χ1v) is 9.88. The zero-order valence-electron chi connectivity index (χ0n) is 15.2. The summed E-state index contributed by atoms with van der Waals surface area (Å²) in [6.07, 6.45) is 7.67. The SMILES string of the molecule is c1nn(C2COC2)cc1-c1nc2cc(NCC3CC3)cc3c2n1CCCO3. The summed E-state index contributed by atoms with van der Waals surface area (Å²) in [7, 11) is 0. The Hall–Kier alpha value is -2.54. The van der Waals surface area contributed by atoms with Gasteiger partial charge in [-0.05, 0) is 31.2 Å². The van der Waals surface area contributed by atoms with E-state index in [9.17, 15) is 0 Å². The van der Waals surface area contributed by atoms with E-state index >= 15 is 0 Å². The molecule has 0 spiro atoms. The molecule has 2 fully saturated rings. The molecule has 1 saturated heterocycles. The van der Waals surface area contributed by atoms with Crippen LogP contribution in [0.25, 0.3) is 22.4 Å². The molecule has 7 heteroatoms. The first-order valence-electron chi connectivity index (χ1n) is 9.88. The van der Waals surface area contributed by atoms with E-state index in [-0.39, 0.29) is 0 Å². The molecule has 1 N–H and O–H groups in total. The maximum atomic E-state index is 6.06. The molecule has 0 atom stereocenters. The molecule has 7 nitrogen and oxygen atoms in total. The van der Waals surface area contributed by atoms with Gasteiger partial charge < -0.3 is 19.4 Å². The van der Waals surface area contributed by atoms with Gasteiger partial charge in [-0.3, -0.25) is 4.68 Å². The van der Waals surface area contributed by atoms with Crippen molar-refractivity contribution < 1.29 is 9.47 Å². The maximum Gasteiger partial charge on any atom is 0.147 e. The molecule has 0 unspecified atom stereocenters. The van der Waals surface area contributed by atoms with Crippen molar-refractivity contribution in [3.8, 4) is 17.1 Å². The third-order valence-corrected chi connectivity index (χ3v) is 5.74. The van der Waals surface area contributed by atoms with Crippen LogP contribution in [0.4, 0.5) is 5.69 Å². The van der Waals surface area contributed by atoms with Gasteiger partial charge in [-0.1, -0.05) is 0 Å². The third-order valence-electron chi connectivity index (χ3n) is 5.74. The number of imidazole rings is 1. The summed E-state index contributed by atoms with van der Waals surface area (Å²) in [6, 6.07) is 4.64. The largest absolute Gasteiger partial charge is 0.491 e. The lowest BCUT2D eigenvalue weighted by atomic mass is 10.2. The van der Waals surface area contributed by atoms with E-state index in [0.29, 0.717) is 6.04 Å². The average molecular weight is 365 g/mol. The molecule has 3 aromatic rings. The minimum atomic E-state index is 0.351. The fourth-order valence-electron chi connectivity index (χ4n) is 3.90. The predicted molar refractivity (Wildman–Crippen MR) is 102 cm³/mol. The van der Waals surface area contributed by atoms with E-state index in [0.717, 1.165) is 79.1 Å². The molecule has 140 valence electrons. The van der Waals surface area contributed by atoms with Crippen LogP contribution in [0.1, 0.15) is 25.3 Å². The lowest BCUT2D eigenvalue weighted by molar-refractivity contribution is -0.0286. The number of nitrogens with zero attached hydrogens (tertiary/aromatic N) is 4. The normalized spacial score (nSPS) is 19.6. The number of anilines is 1. The zero-order chi connectivity index (χ0) is 17.8. The summed E-state index contributed by atoms with van der Waals surface area (Å²) < 4.78 is 15.7. The Morgan fingerprint density at radius 2 is 2.15 bits per heavy atom. The number of rotatable bonds is 5. The van der Waals surface area contributed by atoms with Gasteiger partial charge in [0.1, 0.15) is 17.1 Å². The van der Waals surface area contributed by atoms with Crippen LogP contribution in [-0.2, 0) is 11.3 Å². The van der Waals surface area contributed by atoms with E-state index in [1.165, 1.54) is 12.8 Å². The Labute approximate surface area is 157 Å². The molecule has 6 rings (SSSR count). The highest BCUT2D eigenvalue weighted by Gasteiger charge is 2.25. The van der Waals surface area contributed by atoms with Crippen molar-refractivity contribution >= 4 is 16.7 Å². The monoisotopic (exact) mass is 365 g/mol. The van der Waals surface area contributed by atoms with Gasteiger partial charge in [-0.15, -0.1) is 0 Å². The fourth-order valence-corrected chi connectivity index (χ4v) is 3.90. The van der Waals surface area contributed by atoms with Crippen LogP contribution in [0.5, 0.6) is 5.75 Å². The Bertz CT molecular complexity index is 999. The van der Waals surface area contributed by atoms with E-state index in [1.54, 1.807) is 0 Å². The molecule has 0 amide bonds. The second-order valence-electron chi connectivity index (χ2n) is 7.86. The molecule has 4 heterocycles. The van der Waals surface area contributed by atoms with Gasteiger partial charge >= 0.3 is 0 Å². The zero-order valence-corrected chi connectivity index (χ0v) is 15.2. The van der Waals surface area contributed by atoms with Crippen molar-refractivity contribution in [2.45, 2.75) is 31.8 Å². The van der Waals surface area contributed by atoms with Gasteiger partial charge in [0.15, 0.2) is 0 Å². The molecular weight excluding hydrogens is 342 g/mol. The average Bonchev–Trinajstić information content (AvgIpc) is 3.28. The molecule has 3 aliphatic rings. The van der Waals surface area contributed by atoms with Crippen LogP contribution < -0.4 is 10.1 Å². The molecule has 0 radical (unpaired) electrons. The van der Waals surface area contributed by atoms with Crippen molar-refractivity contribution in [2.75, 3.05) is 31.7 Å². The number of nitrogens with one attached hydrogen (secondary N) is 1. The van der Waals surface area contributed by atoms with E-state index in [2.05, 4.69) is 33.3 Å². The van der Waals surface area contributed by atoms with Gasteiger partial charge in [0, 0.05) is 31.0 Å². The minimum Gasteiger partial charge on any atom is -0.491 e. The number of aromatic nitrogens is 4. The molecule has 1 saturated carbocycles. The standard InChI is InChI=1S/C20H23N5O2/c1-4-24-19-17(6-15(7-18(19)27-5-1)21-8-13-2-3-13)23-20(24)14-9-22-25(10-14)16-11-26-12-16/h6-7,9-10,13,16,21H,1-5,8,11-12H2. The van der Waals surface area contributed by atoms with Crippen LogP contribution in [0, 0.1) is 5.92 Å². The Morgan fingerprint density at radius 3 is 2.96 bits per heavy atom. The molecule has 27 heavy (non-hydrogen) atoms. The van der Waals surface area contributed by atoms with Gasteiger partial charge in [0.25, 0.3) is 0 Å². The number of hydrogen-bond acceptors (Lipinski definition) is 5. The number of hydrogen-bond donors (Lipinski definition) is 1.